The standard InChI is InChI=1S/C33H35N5O5/c1-21-18-38(22(2)20-39)32(41)27-17-25(35-31(40)24-13-15-34-16-14-24)11-12-29(27)43-30(21)19-37(3)33(42)36-28-10-6-8-23-7-4-5-9-26(23)28/h4-17,21-22,30,39H,18-20H2,1-3H3,(H,35,40)(H,36,42)/t21-,22+,30-/m1/s1. The van der Waals surface area contributed by atoms with Crippen LogP contribution in [0.2, 0.25) is 0 Å². The van der Waals surface area contributed by atoms with E-state index in [1.54, 1.807) is 54.1 Å². The van der Waals surface area contributed by atoms with Crippen LogP contribution in [0, 0.1) is 5.92 Å². The summed E-state index contributed by atoms with van der Waals surface area (Å²) in [6.45, 7) is 4.07. The molecule has 4 aromatic rings. The van der Waals surface area contributed by atoms with Gasteiger partial charge in [0.15, 0.2) is 0 Å². The van der Waals surface area contributed by atoms with Crippen LogP contribution in [0.3, 0.4) is 0 Å². The Bertz CT molecular complexity index is 1620. The molecule has 0 bridgehead atoms. The number of fused-ring (bicyclic) bond motifs is 2. The first kappa shape index (κ1) is 29.5. The molecule has 1 aliphatic rings. The van der Waals surface area contributed by atoms with Gasteiger partial charge in [-0.15, -0.1) is 0 Å². The number of anilines is 2. The summed E-state index contributed by atoms with van der Waals surface area (Å²) in [5.41, 5.74) is 1.82. The highest BCUT2D eigenvalue weighted by Crippen LogP contribution is 2.31. The van der Waals surface area contributed by atoms with Gasteiger partial charge in [-0.1, -0.05) is 43.3 Å². The highest BCUT2D eigenvalue weighted by atomic mass is 16.5. The fraction of sp³-hybridized carbons (Fsp3) is 0.273. The van der Waals surface area contributed by atoms with Gasteiger partial charge in [0.05, 0.1) is 30.4 Å². The van der Waals surface area contributed by atoms with Crippen molar-refractivity contribution in [2.75, 3.05) is 37.4 Å². The minimum Gasteiger partial charge on any atom is -0.487 e. The second-order valence-corrected chi connectivity index (χ2v) is 10.9. The Morgan fingerprint density at radius 2 is 1.81 bits per heavy atom. The molecule has 3 N–H and O–H groups in total. The molecule has 0 fully saturated rings. The van der Waals surface area contributed by atoms with Crippen LogP contribution in [0.5, 0.6) is 5.75 Å². The predicted molar refractivity (Wildman–Crippen MR) is 165 cm³/mol. The van der Waals surface area contributed by atoms with Gasteiger partial charge in [-0.05, 0) is 48.7 Å². The van der Waals surface area contributed by atoms with E-state index in [1.165, 1.54) is 12.4 Å². The number of urea groups is 1. The summed E-state index contributed by atoms with van der Waals surface area (Å²) in [5.74, 6) is -0.497. The Hall–Kier alpha value is -4.96. The highest BCUT2D eigenvalue weighted by molar-refractivity contribution is 6.05. The molecule has 10 heteroatoms. The third-order valence-corrected chi connectivity index (χ3v) is 7.70. The molecule has 0 saturated heterocycles. The molecule has 43 heavy (non-hydrogen) atoms. The van der Waals surface area contributed by atoms with Gasteiger partial charge in [-0.25, -0.2) is 4.79 Å². The molecule has 5 rings (SSSR count). The summed E-state index contributed by atoms with van der Waals surface area (Å²) < 4.78 is 6.41. The van der Waals surface area contributed by atoms with Crippen molar-refractivity contribution in [3.05, 3.63) is 96.3 Å². The Labute approximate surface area is 250 Å². The van der Waals surface area contributed by atoms with E-state index in [0.29, 0.717) is 29.2 Å². The van der Waals surface area contributed by atoms with Crippen molar-refractivity contribution in [1.82, 2.24) is 14.8 Å². The van der Waals surface area contributed by atoms with E-state index < -0.39 is 12.1 Å². The maximum absolute atomic E-state index is 13.7. The Morgan fingerprint density at radius 1 is 1.07 bits per heavy atom. The molecule has 0 spiro atoms. The quantitative estimate of drug-likeness (QED) is 0.286. The predicted octanol–water partition coefficient (Wildman–Crippen LogP) is 4.87. The zero-order valence-corrected chi connectivity index (χ0v) is 24.4. The topological polar surface area (TPSA) is 124 Å². The van der Waals surface area contributed by atoms with E-state index >= 15 is 0 Å². The third-order valence-electron chi connectivity index (χ3n) is 7.70. The van der Waals surface area contributed by atoms with Crippen LogP contribution in [0.25, 0.3) is 10.8 Å². The number of nitrogens with zero attached hydrogens (tertiary/aromatic N) is 3. The van der Waals surface area contributed by atoms with Crippen LogP contribution in [0.4, 0.5) is 16.2 Å². The van der Waals surface area contributed by atoms with E-state index in [9.17, 15) is 19.5 Å². The van der Waals surface area contributed by atoms with Gasteiger partial charge in [-0.2, -0.15) is 0 Å². The number of amides is 4. The molecule has 10 nitrogen and oxygen atoms in total. The summed E-state index contributed by atoms with van der Waals surface area (Å²) >= 11 is 0. The van der Waals surface area contributed by atoms with Crippen LogP contribution in [0.1, 0.15) is 34.6 Å². The number of aliphatic hydroxyl groups is 1. The molecule has 0 unspecified atom stereocenters. The lowest BCUT2D eigenvalue weighted by Crippen LogP contribution is -2.50. The molecule has 0 saturated carbocycles. The molecule has 0 radical (unpaired) electrons. The number of carbonyl (C=O) groups excluding carboxylic acids is 3. The lowest BCUT2D eigenvalue weighted by molar-refractivity contribution is 0.0371. The summed E-state index contributed by atoms with van der Waals surface area (Å²) in [6.07, 6.45) is 2.59. The van der Waals surface area contributed by atoms with E-state index in [-0.39, 0.29) is 42.5 Å². The lowest BCUT2D eigenvalue weighted by Gasteiger charge is -2.38. The Kier molecular flexibility index (Phi) is 8.87. The normalized spacial score (nSPS) is 17.2. The molecule has 3 aromatic carbocycles. The molecule has 1 aliphatic heterocycles. The van der Waals surface area contributed by atoms with E-state index in [4.69, 9.17) is 4.74 Å². The maximum Gasteiger partial charge on any atom is 0.321 e. The number of likely N-dealkylation sites (N-methyl/N-ethyl adjacent to an activating group) is 1. The van der Waals surface area contributed by atoms with Gasteiger partial charge in [0.25, 0.3) is 11.8 Å². The fourth-order valence-electron chi connectivity index (χ4n) is 5.12. The maximum atomic E-state index is 13.7. The second-order valence-electron chi connectivity index (χ2n) is 10.9. The molecule has 0 aliphatic carbocycles. The molecule has 1 aromatic heterocycles. The van der Waals surface area contributed by atoms with Gasteiger partial charge >= 0.3 is 6.03 Å². The van der Waals surface area contributed by atoms with E-state index in [1.807, 2.05) is 49.4 Å². The number of nitrogens with one attached hydrogen (secondary N) is 2. The Morgan fingerprint density at radius 3 is 2.58 bits per heavy atom. The average molecular weight is 582 g/mol. The minimum absolute atomic E-state index is 0.176. The summed E-state index contributed by atoms with van der Waals surface area (Å²) in [7, 11) is 1.70. The highest BCUT2D eigenvalue weighted by Gasteiger charge is 2.34. The van der Waals surface area contributed by atoms with Crippen LogP contribution < -0.4 is 15.4 Å². The second kappa shape index (κ2) is 12.9. The van der Waals surface area contributed by atoms with Crippen molar-refractivity contribution in [1.29, 1.82) is 0 Å². The summed E-state index contributed by atoms with van der Waals surface area (Å²) in [4.78, 5) is 46.9. The monoisotopic (exact) mass is 581 g/mol. The number of benzene rings is 3. The number of aromatic nitrogens is 1. The van der Waals surface area contributed by atoms with Gasteiger partial charge in [-0.3, -0.25) is 14.6 Å². The molecular weight excluding hydrogens is 546 g/mol. The van der Waals surface area contributed by atoms with Crippen LogP contribution >= 0.6 is 0 Å². The number of pyridine rings is 1. The number of carbonyl (C=O) groups is 3. The average Bonchev–Trinajstić information content (AvgIpc) is 3.03. The molecule has 4 amide bonds. The van der Waals surface area contributed by atoms with E-state index in [2.05, 4.69) is 15.6 Å². The lowest BCUT2D eigenvalue weighted by atomic mass is 9.99. The van der Waals surface area contributed by atoms with Gasteiger partial charge in [0.1, 0.15) is 11.9 Å². The number of aliphatic hydroxyl groups excluding tert-OH is 1. The van der Waals surface area contributed by atoms with Crippen molar-refractivity contribution in [2.45, 2.75) is 26.0 Å². The number of ether oxygens (including phenoxy) is 1. The SMILES string of the molecule is C[C@@H]1CN([C@@H](C)CO)C(=O)c2cc(NC(=O)c3ccncc3)ccc2O[C@@H]1CN(C)C(=O)Nc1cccc2ccccc12. The third kappa shape index (κ3) is 6.60. The number of hydrogen-bond donors (Lipinski definition) is 3. The van der Waals surface area contributed by atoms with Gasteiger partial charge in [0.2, 0.25) is 0 Å². The fourth-order valence-corrected chi connectivity index (χ4v) is 5.12. The molecular formula is C33H35N5O5. The van der Waals surface area contributed by atoms with Crippen LogP contribution in [0.15, 0.2) is 85.2 Å². The summed E-state index contributed by atoms with van der Waals surface area (Å²) in [5, 5.41) is 17.7. The smallest absolute Gasteiger partial charge is 0.321 e. The zero-order chi connectivity index (χ0) is 30.5. The minimum atomic E-state index is -0.472. The zero-order valence-electron chi connectivity index (χ0n) is 24.4. The van der Waals surface area contributed by atoms with Crippen molar-refractivity contribution in [3.63, 3.8) is 0 Å². The molecule has 222 valence electrons. The number of rotatable bonds is 7. The largest absolute Gasteiger partial charge is 0.487 e. The molecule has 3 atom stereocenters. The van der Waals surface area contributed by atoms with Gasteiger partial charge in [0, 0.05) is 48.5 Å². The van der Waals surface area contributed by atoms with Crippen molar-refractivity contribution >= 4 is 40.0 Å². The Balaban J connectivity index is 1.38. The first-order chi connectivity index (χ1) is 20.7. The van der Waals surface area contributed by atoms with Gasteiger partial charge < -0.3 is 30.3 Å². The van der Waals surface area contributed by atoms with Crippen molar-refractivity contribution in [2.24, 2.45) is 5.92 Å². The van der Waals surface area contributed by atoms with Crippen LogP contribution in [-0.4, -0.2) is 76.6 Å². The van der Waals surface area contributed by atoms with Crippen molar-refractivity contribution < 1.29 is 24.2 Å². The van der Waals surface area contributed by atoms with E-state index in [0.717, 1.165) is 10.8 Å². The number of hydrogen-bond acceptors (Lipinski definition) is 6. The summed E-state index contributed by atoms with van der Waals surface area (Å²) in [6, 6.07) is 20.9. The van der Waals surface area contributed by atoms with Crippen LogP contribution in [-0.2, 0) is 0 Å². The van der Waals surface area contributed by atoms with Crippen molar-refractivity contribution in [3.8, 4) is 5.75 Å². The first-order valence-electron chi connectivity index (χ1n) is 14.2. The molecule has 2 heterocycles. The first-order valence-corrected chi connectivity index (χ1v) is 14.2.